The number of thiazole rings is 1. The Morgan fingerprint density at radius 2 is 1.77 bits per heavy atom. The number of carbonyl (C=O) groups excluding carboxylic acids is 1. The van der Waals surface area contributed by atoms with Gasteiger partial charge in [0.2, 0.25) is 0 Å². The molecule has 39 heavy (non-hydrogen) atoms. The SMILES string of the molecule is O=C(N/N=C\c1ccc(OCc2ccccc2)c(I)c1)c1ccc(-c2csc(Nc3ccc(Cl)cc3)n2)cc1. The van der Waals surface area contributed by atoms with E-state index >= 15 is 0 Å². The second-order valence-corrected chi connectivity index (χ2v) is 10.9. The summed E-state index contributed by atoms with van der Waals surface area (Å²) in [6.45, 7) is 0.503. The van der Waals surface area contributed by atoms with Gasteiger partial charge in [0.1, 0.15) is 12.4 Å². The van der Waals surface area contributed by atoms with Crippen LogP contribution < -0.4 is 15.5 Å². The number of aromatic nitrogens is 1. The van der Waals surface area contributed by atoms with E-state index < -0.39 is 0 Å². The van der Waals surface area contributed by atoms with Gasteiger partial charge >= 0.3 is 0 Å². The molecule has 0 aliphatic heterocycles. The van der Waals surface area contributed by atoms with Gasteiger partial charge < -0.3 is 10.1 Å². The first-order valence-corrected chi connectivity index (χ1v) is 14.3. The van der Waals surface area contributed by atoms with E-state index in [2.05, 4.69) is 43.4 Å². The van der Waals surface area contributed by atoms with Gasteiger partial charge in [-0.2, -0.15) is 5.10 Å². The molecule has 6 nitrogen and oxygen atoms in total. The van der Waals surface area contributed by atoms with Gasteiger partial charge in [0.15, 0.2) is 5.13 Å². The van der Waals surface area contributed by atoms with Crippen LogP contribution in [0.25, 0.3) is 11.3 Å². The second kappa shape index (κ2) is 12.9. The number of ether oxygens (including phenoxy) is 1. The number of hydrogen-bond donors (Lipinski definition) is 2. The van der Waals surface area contributed by atoms with Crippen molar-refractivity contribution in [3.05, 3.63) is 128 Å². The fraction of sp³-hybridized carbons (Fsp3) is 0.0333. The number of hydrazone groups is 1. The zero-order valence-corrected chi connectivity index (χ0v) is 24.2. The van der Waals surface area contributed by atoms with Crippen molar-refractivity contribution in [3.8, 4) is 17.0 Å². The number of anilines is 2. The van der Waals surface area contributed by atoms with Crippen LogP contribution in [0.4, 0.5) is 10.8 Å². The van der Waals surface area contributed by atoms with Crippen LogP contribution in [0, 0.1) is 3.57 Å². The number of rotatable bonds is 9. The van der Waals surface area contributed by atoms with Crippen molar-refractivity contribution >= 4 is 68.5 Å². The molecular formula is C30H22ClIN4O2S. The third kappa shape index (κ3) is 7.44. The van der Waals surface area contributed by atoms with Crippen molar-refractivity contribution < 1.29 is 9.53 Å². The van der Waals surface area contributed by atoms with Gasteiger partial charge in [-0.3, -0.25) is 4.79 Å². The van der Waals surface area contributed by atoms with E-state index in [1.807, 2.05) is 90.3 Å². The third-order valence-corrected chi connectivity index (χ3v) is 7.47. The molecule has 0 atom stereocenters. The summed E-state index contributed by atoms with van der Waals surface area (Å²) in [6, 6.07) is 30.5. The molecule has 0 saturated carbocycles. The fourth-order valence-electron chi connectivity index (χ4n) is 3.59. The lowest BCUT2D eigenvalue weighted by atomic mass is 10.1. The molecule has 0 aliphatic rings. The molecule has 2 N–H and O–H groups in total. The van der Waals surface area contributed by atoms with E-state index in [1.165, 1.54) is 11.3 Å². The standard InChI is InChI=1S/C30H22ClIN4O2S/c31-24-11-13-25(14-12-24)34-30-35-27(19-39-30)22-7-9-23(10-8-22)29(37)36-33-17-21-6-15-28(26(32)16-21)38-18-20-4-2-1-3-5-20/h1-17,19H,18H2,(H,34,35)(H,36,37)/b33-17-. The molecule has 0 unspecified atom stereocenters. The molecule has 1 aromatic heterocycles. The van der Waals surface area contributed by atoms with Gasteiger partial charge in [-0.1, -0.05) is 54.1 Å². The summed E-state index contributed by atoms with van der Waals surface area (Å²) in [7, 11) is 0. The van der Waals surface area contributed by atoms with Gasteiger partial charge in [0.25, 0.3) is 5.91 Å². The highest BCUT2D eigenvalue weighted by Crippen LogP contribution is 2.28. The zero-order valence-electron chi connectivity index (χ0n) is 20.5. The van der Waals surface area contributed by atoms with Crippen molar-refractivity contribution in [1.29, 1.82) is 0 Å². The molecule has 9 heteroatoms. The highest BCUT2D eigenvalue weighted by atomic mass is 127. The van der Waals surface area contributed by atoms with Crippen LogP contribution in [0.2, 0.25) is 5.02 Å². The zero-order chi connectivity index (χ0) is 27.0. The Kier molecular flexibility index (Phi) is 8.87. The maximum absolute atomic E-state index is 12.6. The summed E-state index contributed by atoms with van der Waals surface area (Å²) < 4.78 is 6.88. The van der Waals surface area contributed by atoms with Crippen LogP contribution in [0.5, 0.6) is 5.75 Å². The van der Waals surface area contributed by atoms with Crippen molar-refractivity contribution in [2.45, 2.75) is 6.61 Å². The number of halogens is 2. The average Bonchev–Trinajstić information content (AvgIpc) is 3.43. The van der Waals surface area contributed by atoms with E-state index in [-0.39, 0.29) is 5.91 Å². The molecule has 0 fully saturated rings. The van der Waals surface area contributed by atoms with Crippen LogP contribution in [0.15, 0.2) is 108 Å². The Morgan fingerprint density at radius 1 is 1.00 bits per heavy atom. The predicted octanol–water partition coefficient (Wildman–Crippen LogP) is 8.15. The number of carbonyl (C=O) groups is 1. The number of nitrogens with zero attached hydrogens (tertiary/aromatic N) is 2. The van der Waals surface area contributed by atoms with Gasteiger partial charge in [0, 0.05) is 27.2 Å². The molecule has 0 aliphatic carbocycles. The summed E-state index contributed by atoms with van der Waals surface area (Å²) in [6.07, 6.45) is 1.61. The fourth-order valence-corrected chi connectivity index (χ4v) is 5.15. The molecular weight excluding hydrogens is 643 g/mol. The lowest BCUT2D eigenvalue weighted by Crippen LogP contribution is -2.17. The topological polar surface area (TPSA) is 75.6 Å². The first-order valence-electron chi connectivity index (χ1n) is 11.9. The summed E-state index contributed by atoms with van der Waals surface area (Å²) in [5, 5.41) is 10.8. The molecule has 5 rings (SSSR count). The van der Waals surface area contributed by atoms with E-state index in [4.69, 9.17) is 16.3 Å². The number of nitrogens with one attached hydrogen (secondary N) is 2. The Labute approximate surface area is 248 Å². The minimum Gasteiger partial charge on any atom is -0.488 e. The first kappa shape index (κ1) is 26.9. The van der Waals surface area contributed by atoms with Crippen LogP contribution in [0.1, 0.15) is 21.5 Å². The molecule has 0 spiro atoms. The first-order chi connectivity index (χ1) is 19.0. The highest BCUT2D eigenvalue weighted by molar-refractivity contribution is 14.1. The van der Waals surface area contributed by atoms with Crippen LogP contribution in [-0.2, 0) is 6.61 Å². The molecule has 194 valence electrons. The Balaban J connectivity index is 1.14. The molecule has 0 bridgehead atoms. The lowest BCUT2D eigenvalue weighted by molar-refractivity contribution is 0.0955. The van der Waals surface area contributed by atoms with Gasteiger partial charge in [-0.15, -0.1) is 11.3 Å². The van der Waals surface area contributed by atoms with E-state index in [1.54, 1.807) is 18.3 Å². The second-order valence-electron chi connectivity index (χ2n) is 8.41. The molecule has 1 heterocycles. The minimum atomic E-state index is -0.293. The Hall–Kier alpha value is -3.73. The summed E-state index contributed by atoms with van der Waals surface area (Å²) in [5.74, 6) is 0.507. The van der Waals surface area contributed by atoms with Gasteiger partial charge in [-0.25, -0.2) is 10.4 Å². The number of hydrogen-bond acceptors (Lipinski definition) is 6. The molecule has 4 aromatic carbocycles. The predicted molar refractivity (Wildman–Crippen MR) is 167 cm³/mol. The van der Waals surface area contributed by atoms with Gasteiger partial charge in [0.05, 0.1) is 15.5 Å². The number of amides is 1. The van der Waals surface area contributed by atoms with E-state index in [9.17, 15) is 4.79 Å². The van der Waals surface area contributed by atoms with Crippen molar-refractivity contribution in [3.63, 3.8) is 0 Å². The maximum atomic E-state index is 12.6. The smallest absolute Gasteiger partial charge is 0.271 e. The monoisotopic (exact) mass is 664 g/mol. The third-order valence-electron chi connectivity index (χ3n) is 5.62. The quantitative estimate of drug-likeness (QED) is 0.0948. The number of benzene rings is 4. The maximum Gasteiger partial charge on any atom is 0.271 e. The largest absolute Gasteiger partial charge is 0.488 e. The van der Waals surface area contributed by atoms with E-state index in [0.29, 0.717) is 17.2 Å². The van der Waals surface area contributed by atoms with E-state index in [0.717, 1.165) is 42.5 Å². The highest BCUT2D eigenvalue weighted by Gasteiger charge is 2.09. The van der Waals surface area contributed by atoms with Crippen molar-refractivity contribution in [2.75, 3.05) is 5.32 Å². The minimum absolute atomic E-state index is 0.293. The Morgan fingerprint density at radius 3 is 2.51 bits per heavy atom. The average molecular weight is 665 g/mol. The van der Waals surface area contributed by atoms with Crippen LogP contribution in [0.3, 0.4) is 0 Å². The summed E-state index contributed by atoms with van der Waals surface area (Å²) in [5.41, 5.74) is 7.71. The van der Waals surface area contributed by atoms with Crippen molar-refractivity contribution in [2.24, 2.45) is 5.10 Å². The molecule has 5 aromatic rings. The Bertz CT molecular complexity index is 1590. The van der Waals surface area contributed by atoms with Crippen molar-refractivity contribution in [1.82, 2.24) is 10.4 Å². The lowest BCUT2D eigenvalue weighted by Gasteiger charge is -2.09. The molecule has 0 radical (unpaired) electrons. The molecule has 1 amide bonds. The molecule has 0 saturated heterocycles. The summed E-state index contributed by atoms with van der Waals surface area (Å²) >= 11 is 9.68. The van der Waals surface area contributed by atoms with Crippen LogP contribution >= 0.6 is 45.5 Å². The van der Waals surface area contributed by atoms with Crippen LogP contribution in [-0.4, -0.2) is 17.1 Å². The normalized spacial score (nSPS) is 10.9. The van der Waals surface area contributed by atoms with Gasteiger partial charge in [-0.05, 0) is 88.3 Å². The summed E-state index contributed by atoms with van der Waals surface area (Å²) in [4.78, 5) is 17.2.